The molecule has 0 amide bonds. The fraction of sp³-hybridized carbons (Fsp3) is 0.577. The van der Waals surface area contributed by atoms with Gasteiger partial charge in [0.25, 0.3) is 0 Å². The lowest BCUT2D eigenvalue weighted by atomic mass is 9.91. The zero-order valence-electron chi connectivity index (χ0n) is 22.6. The van der Waals surface area contributed by atoms with Gasteiger partial charge in [-0.25, -0.2) is 4.79 Å². The maximum atomic E-state index is 13.3. The normalized spacial score (nSPS) is 20.7. The number of alkyl halides is 5. The van der Waals surface area contributed by atoms with Crippen molar-refractivity contribution in [2.45, 2.75) is 64.3 Å². The lowest BCUT2D eigenvalue weighted by molar-refractivity contribution is -0.284. The number of rotatable bonds is 10. The highest BCUT2D eigenvalue weighted by atomic mass is 35.5. The third kappa shape index (κ3) is 7.44. The Kier molecular flexibility index (Phi) is 9.91. The Morgan fingerprint density at radius 3 is 2.44 bits per heavy atom. The van der Waals surface area contributed by atoms with Gasteiger partial charge >= 0.3 is 28.2 Å². The highest BCUT2D eigenvalue weighted by Crippen LogP contribution is 2.44. The van der Waals surface area contributed by atoms with E-state index in [-0.39, 0.29) is 40.4 Å². The number of allylic oxidation sites excluding steroid dienone is 2. The van der Waals surface area contributed by atoms with Crippen LogP contribution in [0.15, 0.2) is 34.6 Å². The monoisotopic (exact) mass is 632 g/mol. The second-order valence-corrected chi connectivity index (χ2v) is 12.3. The fourth-order valence-corrected chi connectivity index (χ4v) is 5.71. The molecule has 15 heteroatoms. The van der Waals surface area contributed by atoms with Crippen LogP contribution >= 0.6 is 11.6 Å². The summed E-state index contributed by atoms with van der Waals surface area (Å²) >= 11 is 6.44. The van der Waals surface area contributed by atoms with Crippen LogP contribution in [0, 0.1) is 11.8 Å². The fourth-order valence-electron chi connectivity index (χ4n) is 4.46. The maximum absolute atomic E-state index is 13.3. The molecule has 1 N–H and O–H groups in total. The predicted octanol–water partition coefficient (Wildman–Crippen LogP) is 6.04. The standard InChI is InChI=1S/C26H30ClF5O8S/c1-13(2)10-17(33)15-6-7-18-20(23(15)37-4)24(34)38-12-16-21(27)14(3)11-19(22(16)39-18)40-41(35,36)9-5-8-25(28,29)26(30,31)32/h6-7,11,13,16-17,22,33H,5,8-10,12H2,1-4H3/t16?,17-,22?/m0/s1. The molecule has 1 aromatic rings. The summed E-state index contributed by atoms with van der Waals surface area (Å²) in [7, 11) is -3.39. The van der Waals surface area contributed by atoms with Crippen LogP contribution in [0.2, 0.25) is 0 Å². The smallest absolute Gasteiger partial charge is 0.453 e. The van der Waals surface area contributed by atoms with E-state index in [2.05, 4.69) is 0 Å². The summed E-state index contributed by atoms with van der Waals surface area (Å²) in [5, 5.41) is 10.9. The van der Waals surface area contributed by atoms with Crippen LogP contribution in [0.25, 0.3) is 0 Å². The maximum Gasteiger partial charge on any atom is 0.453 e. The molecular weight excluding hydrogens is 603 g/mol. The molecule has 2 unspecified atom stereocenters. The molecule has 1 aromatic carbocycles. The van der Waals surface area contributed by atoms with Crippen molar-refractivity contribution in [2.75, 3.05) is 19.5 Å². The molecule has 3 atom stereocenters. The molecule has 0 spiro atoms. The molecule has 0 fully saturated rings. The molecule has 0 radical (unpaired) electrons. The van der Waals surface area contributed by atoms with Gasteiger partial charge in [-0.3, -0.25) is 0 Å². The summed E-state index contributed by atoms with van der Waals surface area (Å²) in [6, 6.07) is 2.84. The van der Waals surface area contributed by atoms with Crippen LogP contribution in [0.4, 0.5) is 22.0 Å². The number of fused-ring (bicyclic) bond motifs is 2. The Morgan fingerprint density at radius 1 is 1.20 bits per heavy atom. The molecule has 0 saturated carbocycles. The summed E-state index contributed by atoms with van der Waals surface area (Å²) in [6.07, 6.45) is -9.33. The van der Waals surface area contributed by atoms with Gasteiger partial charge in [0.05, 0.1) is 24.9 Å². The van der Waals surface area contributed by atoms with Gasteiger partial charge in [-0.1, -0.05) is 25.4 Å². The van der Waals surface area contributed by atoms with Crippen LogP contribution in [-0.2, 0) is 19.0 Å². The van der Waals surface area contributed by atoms with Crippen molar-refractivity contribution < 1.29 is 58.7 Å². The average Bonchev–Trinajstić information content (AvgIpc) is 2.83. The number of aliphatic hydroxyl groups excluding tert-OH is 1. The summed E-state index contributed by atoms with van der Waals surface area (Å²) in [4.78, 5) is 13.1. The molecule has 1 aliphatic carbocycles. The molecule has 0 saturated heterocycles. The molecule has 3 rings (SSSR count). The van der Waals surface area contributed by atoms with E-state index in [9.17, 15) is 40.3 Å². The summed E-state index contributed by atoms with van der Waals surface area (Å²) in [5.74, 6) is -8.37. The minimum Gasteiger partial charge on any atom is -0.495 e. The van der Waals surface area contributed by atoms with Crippen LogP contribution in [-0.4, -0.2) is 57.2 Å². The lowest BCUT2D eigenvalue weighted by Gasteiger charge is -2.34. The number of methoxy groups -OCH3 is 1. The number of ether oxygens (including phenoxy) is 3. The van der Waals surface area contributed by atoms with Crippen molar-refractivity contribution in [1.82, 2.24) is 0 Å². The number of benzene rings is 1. The summed E-state index contributed by atoms with van der Waals surface area (Å²) in [6.45, 7) is 4.91. The van der Waals surface area contributed by atoms with Gasteiger partial charge in [-0.05, 0) is 49.5 Å². The quantitative estimate of drug-likeness (QED) is 0.189. The zero-order chi connectivity index (χ0) is 30.9. The van der Waals surface area contributed by atoms with Gasteiger partial charge in [-0.2, -0.15) is 30.4 Å². The van der Waals surface area contributed by atoms with Crippen molar-refractivity contribution in [3.05, 3.63) is 45.7 Å². The van der Waals surface area contributed by atoms with E-state index in [1.807, 2.05) is 13.8 Å². The van der Waals surface area contributed by atoms with E-state index in [1.54, 1.807) is 0 Å². The van der Waals surface area contributed by atoms with E-state index in [0.29, 0.717) is 17.6 Å². The molecule has 0 aromatic heterocycles. The number of esters is 1. The summed E-state index contributed by atoms with van der Waals surface area (Å²) in [5.41, 5.74) is 0.442. The van der Waals surface area contributed by atoms with E-state index in [1.165, 1.54) is 32.2 Å². The van der Waals surface area contributed by atoms with Gasteiger partial charge < -0.3 is 23.5 Å². The Labute approximate surface area is 239 Å². The molecule has 230 valence electrons. The number of carbonyl (C=O) groups is 1. The number of carbonyl (C=O) groups excluding carboxylic acids is 1. The SMILES string of the molecule is COc1c([C@@H](O)CC(C)C)ccc2c1C(=O)OCC1C(Cl)=C(C)C=C(OS(=O)(=O)CCCC(F)(F)C(F)(F)F)C1O2. The van der Waals surface area contributed by atoms with Crippen molar-refractivity contribution in [3.8, 4) is 11.5 Å². The second-order valence-electron chi connectivity index (χ2n) is 10.2. The van der Waals surface area contributed by atoms with E-state index < -0.39 is 64.9 Å². The van der Waals surface area contributed by atoms with E-state index in [4.69, 9.17) is 30.0 Å². The lowest BCUT2D eigenvalue weighted by Crippen LogP contribution is -2.39. The van der Waals surface area contributed by atoms with Crippen molar-refractivity contribution >= 4 is 27.7 Å². The molecule has 2 aliphatic rings. The second kappa shape index (κ2) is 12.3. The number of cyclic esters (lactones) is 1. The van der Waals surface area contributed by atoms with Crippen molar-refractivity contribution in [2.24, 2.45) is 11.8 Å². The Bertz CT molecular complexity index is 1320. The topological polar surface area (TPSA) is 108 Å². The van der Waals surface area contributed by atoms with Gasteiger partial charge in [0.15, 0.2) is 11.9 Å². The minimum absolute atomic E-state index is 0.0163. The third-order valence-corrected chi connectivity index (χ3v) is 8.30. The number of hydrogen-bond donors (Lipinski definition) is 1. The van der Waals surface area contributed by atoms with Crippen molar-refractivity contribution in [3.63, 3.8) is 0 Å². The van der Waals surface area contributed by atoms with E-state index >= 15 is 0 Å². The van der Waals surface area contributed by atoms with Crippen molar-refractivity contribution in [1.29, 1.82) is 0 Å². The van der Waals surface area contributed by atoms with Gasteiger partial charge in [0.2, 0.25) is 0 Å². The summed E-state index contributed by atoms with van der Waals surface area (Å²) < 4.78 is 111. The largest absolute Gasteiger partial charge is 0.495 e. The van der Waals surface area contributed by atoms with Crippen LogP contribution < -0.4 is 9.47 Å². The minimum atomic E-state index is -5.82. The first kappa shape index (κ1) is 32.9. The number of hydrogen-bond acceptors (Lipinski definition) is 8. The van der Waals surface area contributed by atoms with Gasteiger partial charge in [0, 0.05) is 17.0 Å². The predicted molar refractivity (Wildman–Crippen MR) is 137 cm³/mol. The van der Waals surface area contributed by atoms with Gasteiger partial charge in [0.1, 0.15) is 23.7 Å². The Morgan fingerprint density at radius 2 is 1.85 bits per heavy atom. The zero-order valence-corrected chi connectivity index (χ0v) is 24.1. The molecule has 8 nitrogen and oxygen atoms in total. The molecule has 1 heterocycles. The van der Waals surface area contributed by atoms with Crippen LogP contribution in [0.3, 0.4) is 0 Å². The van der Waals surface area contributed by atoms with Gasteiger partial charge in [-0.15, -0.1) is 0 Å². The highest BCUT2D eigenvalue weighted by molar-refractivity contribution is 7.86. The first-order valence-corrected chi connectivity index (χ1v) is 14.5. The highest BCUT2D eigenvalue weighted by Gasteiger charge is 2.56. The average molecular weight is 633 g/mol. The first-order chi connectivity index (χ1) is 18.9. The molecular formula is C26H30ClF5O8S. The number of aliphatic hydroxyl groups is 1. The molecule has 41 heavy (non-hydrogen) atoms. The molecule has 1 aliphatic heterocycles. The first-order valence-electron chi connectivity index (χ1n) is 12.6. The van der Waals surface area contributed by atoms with E-state index in [0.717, 1.165) is 0 Å². The molecule has 0 bridgehead atoms. The third-order valence-electron chi connectivity index (χ3n) is 6.49. The van der Waals surface area contributed by atoms with Crippen LogP contribution in [0.1, 0.15) is 62.1 Å². The van der Waals surface area contributed by atoms with Crippen LogP contribution in [0.5, 0.6) is 11.5 Å². The Balaban J connectivity index is 1.94. The Hall–Kier alpha value is -2.58. The number of halogens is 6.